The molecular formula is C18H27NO8. The van der Waals surface area contributed by atoms with Gasteiger partial charge in [-0.25, -0.2) is 0 Å². The van der Waals surface area contributed by atoms with Crippen LogP contribution >= 0.6 is 0 Å². The number of hydrogen-bond acceptors (Lipinski definition) is 8. The van der Waals surface area contributed by atoms with Crippen LogP contribution in [0.3, 0.4) is 0 Å². The summed E-state index contributed by atoms with van der Waals surface area (Å²) in [5.41, 5.74) is 0.594. The van der Waals surface area contributed by atoms with Crippen molar-refractivity contribution in [2.75, 3.05) is 13.2 Å². The lowest BCUT2D eigenvalue weighted by atomic mass is 9.96. The van der Waals surface area contributed by atoms with Gasteiger partial charge in [0.25, 0.3) is 0 Å². The van der Waals surface area contributed by atoms with E-state index in [0.717, 1.165) is 0 Å². The first-order chi connectivity index (χ1) is 12.8. The number of phenolic OH excluding ortho intramolecular Hbond substituents is 1. The smallest absolute Gasteiger partial charge is 0.229 e. The standard InChI is InChI=1S/C18H27NO8/c1-3-19-14(22)6-9(2)11-5-4-10(21)7-12(11)26-18-17(25)16(24)15(23)13(8-20)27-18/h4-5,7,9,13,15-18,20-21,23-25H,3,6,8H2,1-2H3,(H,19,22)/t9?,13?,15-,16+,17-,18-/m1/s1. The summed E-state index contributed by atoms with van der Waals surface area (Å²) in [5, 5.41) is 51.6. The molecule has 1 amide bonds. The van der Waals surface area contributed by atoms with Crippen LogP contribution in [-0.2, 0) is 9.53 Å². The molecule has 1 saturated heterocycles. The lowest BCUT2D eigenvalue weighted by Crippen LogP contribution is -2.60. The number of hydrogen-bond donors (Lipinski definition) is 6. The Morgan fingerprint density at radius 1 is 1.26 bits per heavy atom. The van der Waals surface area contributed by atoms with E-state index < -0.39 is 37.3 Å². The van der Waals surface area contributed by atoms with Crippen molar-refractivity contribution in [3.63, 3.8) is 0 Å². The van der Waals surface area contributed by atoms with Gasteiger partial charge in [0.1, 0.15) is 35.9 Å². The van der Waals surface area contributed by atoms with Crippen molar-refractivity contribution in [2.45, 2.75) is 56.9 Å². The molecule has 27 heavy (non-hydrogen) atoms. The molecule has 0 aromatic heterocycles. The third kappa shape index (κ3) is 5.08. The van der Waals surface area contributed by atoms with Gasteiger partial charge in [0.05, 0.1) is 6.61 Å². The number of phenols is 1. The summed E-state index contributed by atoms with van der Waals surface area (Å²) in [6.07, 6.45) is -6.94. The van der Waals surface area contributed by atoms with E-state index in [-0.39, 0.29) is 29.7 Å². The summed E-state index contributed by atoms with van der Waals surface area (Å²) in [4.78, 5) is 11.9. The third-order valence-corrected chi connectivity index (χ3v) is 4.49. The highest BCUT2D eigenvalue weighted by molar-refractivity contribution is 5.76. The van der Waals surface area contributed by atoms with Gasteiger partial charge in [0, 0.05) is 19.0 Å². The first-order valence-electron chi connectivity index (χ1n) is 8.85. The van der Waals surface area contributed by atoms with E-state index >= 15 is 0 Å². The van der Waals surface area contributed by atoms with Crippen molar-refractivity contribution in [3.05, 3.63) is 23.8 Å². The Labute approximate surface area is 157 Å². The number of aliphatic hydroxyl groups excluding tert-OH is 4. The second kappa shape index (κ2) is 9.34. The van der Waals surface area contributed by atoms with E-state index in [9.17, 15) is 30.3 Å². The summed E-state index contributed by atoms with van der Waals surface area (Å²) in [7, 11) is 0. The fourth-order valence-corrected chi connectivity index (χ4v) is 2.98. The predicted molar refractivity (Wildman–Crippen MR) is 94.2 cm³/mol. The molecule has 1 aromatic carbocycles. The Balaban J connectivity index is 2.22. The molecule has 1 heterocycles. The normalized spacial score (nSPS) is 29.2. The molecule has 2 unspecified atom stereocenters. The second-order valence-electron chi connectivity index (χ2n) is 6.60. The Bertz CT molecular complexity index is 638. The van der Waals surface area contributed by atoms with E-state index in [1.165, 1.54) is 12.1 Å². The maximum absolute atomic E-state index is 11.9. The van der Waals surface area contributed by atoms with Crippen molar-refractivity contribution < 1.29 is 39.8 Å². The molecule has 1 aliphatic heterocycles. The van der Waals surface area contributed by atoms with Crippen LogP contribution in [0.5, 0.6) is 11.5 Å². The Morgan fingerprint density at radius 2 is 1.96 bits per heavy atom. The van der Waals surface area contributed by atoms with E-state index in [2.05, 4.69) is 5.32 Å². The minimum atomic E-state index is -1.57. The second-order valence-corrected chi connectivity index (χ2v) is 6.60. The molecule has 0 radical (unpaired) electrons. The summed E-state index contributed by atoms with van der Waals surface area (Å²) in [5.74, 6) is -0.339. The SMILES string of the molecule is CCNC(=O)CC(C)c1ccc(O)cc1O[C@@H]1OC(CO)[C@@H](O)[C@H](O)[C@H]1O. The highest BCUT2D eigenvalue weighted by Crippen LogP contribution is 2.34. The third-order valence-electron chi connectivity index (χ3n) is 4.49. The highest BCUT2D eigenvalue weighted by atomic mass is 16.7. The van der Waals surface area contributed by atoms with Gasteiger partial charge in [0.2, 0.25) is 12.2 Å². The molecule has 152 valence electrons. The molecule has 9 nitrogen and oxygen atoms in total. The van der Waals surface area contributed by atoms with Crippen molar-refractivity contribution in [1.29, 1.82) is 0 Å². The molecular weight excluding hydrogens is 358 g/mol. The number of carbonyl (C=O) groups is 1. The minimum Gasteiger partial charge on any atom is -0.508 e. The Morgan fingerprint density at radius 3 is 2.59 bits per heavy atom. The number of amides is 1. The fourth-order valence-electron chi connectivity index (χ4n) is 2.98. The number of ether oxygens (including phenoxy) is 2. The van der Waals surface area contributed by atoms with Crippen LogP contribution in [0.1, 0.15) is 31.7 Å². The molecule has 6 atom stereocenters. The van der Waals surface area contributed by atoms with Gasteiger partial charge >= 0.3 is 0 Å². The van der Waals surface area contributed by atoms with Gasteiger partial charge in [0.15, 0.2) is 0 Å². The van der Waals surface area contributed by atoms with Crippen LogP contribution in [0.2, 0.25) is 0 Å². The molecule has 6 N–H and O–H groups in total. The first kappa shape index (κ1) is 21.4. The monoisotopic (exact) mass is 385 g/mol. The lowest BCUT2D eigenvalue weighted by Gasteiger charge is -2.39. The average Bonchev–Trinajstić information content (AvgIpc) is 2.62. The van der Waals surface area contributed by atoms with Crippen LogP contribution in [0.15, 0.2) is 18.2 Å². The van der Waals surface area contributed by atoms with Crippen molar-refractivity contribution >= 4 is 5.91 Å². The molecule has 0 spiro atoms. The van der Waals surface area contributed by atoms with E-state index in [0.29, 0.717) is 12.1 Å². The molecule has 1 fully saturated rings. The number of nitrogens with one attached hydrogen (secondary N) is 1. The predicted octanol–water partition coefficient (Wildman–Crippen LogP) is -0.799. The van der Waals surface area contributed by atoms with Crippen LogP contribution in [0.4, 0.5) is 0 Å². The summed E-state index contributed by atoms with van der Waals surface area (Å²) in [6, 6.07) is 4.35. The number of rotatable bonds is 7. The maximum atomic E-state index is 11.9. The van der Waals surface area contributed by atoms with Crippen LogP contribution in [-0.4, -0.2) is 75.3 Å². The van der Waals surface area contributed by atoms with E-state index in [1.807, 2.05) is 13.8 Å². The largest absolute Gasteiger partial charge is 0.508 e. The number of carbonyl (C=O) groups excluding carboxylic acids is 1. The fraction of sp³-hybridized carbons (Fsp3) is 0.611. The lowest BCUT2D eigenvalue weighted by molar-refractivity contribution is -0.277. The van der Waals surface area contributed by atoms with Crippen LogP contribution in [0, 0.1) is 0 Å². The molecule has 0 bridgehead atoms. The molecule has 0 saturated carbocycles. The first-order valence-corrected chi connectivity index (χ1v) is 8.85. The van der Waals surface area contributed by atoms with Gasteiger partial charge in [-0.1, -0.05) is 13.0 Å². The van der Waals surface area contributed by atoms with Crippen molar-refractivity contribution in [2.24, 2.45) is 0 Å². The van der Waals surface area contributed by atoms with Gasteiger partial charge in [-0.2, -0.15) is 0 Å². The number of aliphatic hydroxyl groups is 4. The quantitative estimate of drug-likeness (QED) is 0.357. The zero-order chi connectivity index (χ0) is 20.1. The summed E-state index contributed by atoms with van der Waals surface area (Å²) < 4.78 is 11.0. The van der Waals surface area contributed by atoms with Gasteiger partial charge in [-0.05, 0) is 24.5 Å². The maximum Gasteiger partial charge on any atom is 0.229 e. The van der Waals surface area contributed by atoms with Gasteiger partial charge in [-0.15, -0.1) is 0 Å². The number of aromatic hydroxyl groups is 1. The van der Waals surface area contributed by atoms with Gasteiger partial charge < -0.3 is 40.3 Å². The molecule has 0 aliphatic carbocycles. The topological polar surface area (TPSA) is 149 Å². The van der Waals surface area contributed by atoms with Crippen LogP contribution < -0.4 is 10.1 Å². The summed E-state index contributed by atoms with van der Waals surface area (Å²) >= 11 is 0. The summed E-state index contributed by atoms with van der Waals surface area (Å²) in [6.45, 7) is 3.55. The van der Waals surface area contributed by atoms with Gasteiger partial charge in [-0.3, -0.25) is 4.79 Å². The Kier molecular flexibility index (Phi) is 7.40. The molecule has 1 aromatic rings. The zero-order valence-corrected chi connectivity index (χ0v) is 15.3. The number of benzene rings is 1. The highest BCUT2D eigenvalue weighted by Gasteiger charge is 2.45. The minimum absolute atomic E-state index is 0.0939. The average molecular weight is 385 g/mol. The van der Waals surface area contributed by atoms with E-state index in [1.54, 1.807) is 6.07 Å². The van der Waals surface area contributed by atoms with Crippen molar-refractivity contribution in [1.82, 2.24) is 5.32 Å². The molecule has 1 aliphatic rings. The van der Waals surface area contributed by atoms with Crippen LogP contribution in [0.25, 0.3) is 0 Å². The Hall–Kier alpha value is -1.91. The van der Waals surface area contributed by atoms with E-state index in [4.69, 9.17) is 9.47 Å². The molecule has 9 heteroatoms. The zero-order valence-electron chi connectivity index (χ0n) is 15.3. The molecule has 2 rings (SSSR count). The van der Waals surface area contributed by atoms with Crippen molar-refractivity contribution in [3.8, 4) is 11.5 Å².